The maximum atomic E-state index is 5.65. The summed E-state index contributed by atoms with van der Waals surface area (Å²) in [5, 5.41) is 1.25. The minimum Gasteiger partial charge on any atom is -0.464 e. The number of hydrogen-bond donors (Lipinski definition) is 0. The molecule has 2 aromatic rings. The van der Waals surface area contributed by atoms with Crippen LogP contribution < -0.4 is 0 Å². The number of rotatable bonds is 1. The highest BCUT2D eigenvalue weighted by Crippen LogP contribution is 2.31. The molecule has 0 amide bonds. The topological polar surface area (TPSA) is 13.1 Å². The molecule has 16 heavy (non-hydrogen) atoms. The lowest BCUT2D eigenvalue weighted by Crippen LogP contribution is -2.10. The lowest BCUT2D eigenvalue weighted by atomic mass is 9.86. The van der Waals surface area contributed by atoms with Gasteiger partial charge in [0.1, 0.15) is 5.58 Å². The predicted octanol–water partition coefficient (Wildman–Crippen LogP) is 4.85. The largest absolute Gasteiger partial charge is 0.464 e. The highest BCUT2D eigenvalue weighted by molar-refractivity contribution is 5.82. The number of hydrogen-bond acceptors (Lipinski definition) is 1. The van der Waals surface area contributed by atoms with Crippen LogP contribution in [0.5, 0.6) is 0 Å². The minimum atomic E-state index is 0.180. The zero-order valence-electron chi connectivity index (χ0n) is 10.8. The van der Waals surface area contributed by atoms with Crippen molar-refractivity contribution in [2.45, 2.75) is 46.0 Å². The molecule has 0 bridgehead atoms. The molecule has 0 spiro atoms. The van der Waals surface area contributed by atoms with E-state index in [9.17, 15) is 0 Å². The number of benzene rings is 1. The molecule has 0 radical (unpaired) electrons. The standard InChI is InChI=1S/C15H20O/c1-10(2)13-9-16-14-8-11(15(3,4)5)6-7-12(13)14/h6-10H,1-5H3. The van der Waals surface area contributed by atoms with Crippen LogP contribution in [0.15, 0.2) is 28.9 Å². The third kappa shape index (κ3) is 1.87. The molecule has 1 heteroatoms. The number of fused-ring (bicyclic) bond motifs is 1. The fraction of sp³-hybridized carbons (Fsp3) is 0.467. The zero-order chi connectivity index (χ0) is 11.9. The molecular formula is C15H20O. The van der Waals surface area contributed by atoms with Crippen molar-refractivity contribution in [2.75, 3.05) is 0 Å². The van der Waals surface area contributed by atoms with Gasteiger partial charge in [0.05, 0.1) is 6.26 Å². The van der Waals surface area contributed by atoms with Gasteiger partial charge in [-0.25, -0.2) is 0 Å². The summed E-state index contributed by atoms with van der Waals surface area (Å²) in [4.78, 5) is 0. The zero-order valence-corrected chi connectivity index (χ0v) is 10.8. The first kappa shape index (κ1) is 11.3. The van der Waals surface area contributed by atoms with Crippen LogP contribution >= 0.6 is 0 Å². The van der Waals surface area contributed by atoms with Crippen LogP contribution in [0.4, 0.5) is 0 Å². The quantitative estimate of drug-likeness (QED) is 0.664. The van der Waals surface area contributed by atoms with E-state index in [2.05, 4.69) is 52.8 Å². The molecule has 0 fully saturated rings. The Morgan fingerprint density at radius 3 is 2.38 bits per heavy atom. The molecule has 1 nitrogen and oxygen atoms in total. The Bertz CT molecular complexity index is 498. The Kier molecular flexibility index (Phi) is 2.57. The van der Waals surface area contributed by atoms with Gasteiger partial charge in [0.2, 0.25) is 0 Å². The molecule has 0 unspecified atom stereocenters. The van der Waals surface area contributed by atoms with Crippen LogP contribution in [0.2, 0.25) is 0 Å². The Labute approximate surface area is 97.5 Å². The van der Waals surface area contributed by atoms with Gasteiger partial charge in [0.15, 0.2) is 0 Å². The summed E-state index contributed by atoms with van der Waals surface area (Å²) in [7, 11) is 0. The summed E-state index contributed by atoms with van der Waals surface area (Å²) in [6.07, 6.45) is 1.89. The van der Waals surface area contributed by atoms with E-state index < -0.39 is 0 Å². The van der Waals surface area contributed by atoms with Crippen molar-refractivity contribution in [2.24, 2.45) is 0 Å². The van der Waals surface area contributed by atoms with Gasteiger partial charge in [-0.2, -0.15) is 0 Å². The number of furan rings is 1. The summed E-state index contributed by atoms with van der Waals surface area (Å²) < 4.78 is 5.65. The summed E-state index contributed by atoms with van der Waals surface area (Å²) in [6.45, 7) is 11.1. The van der Waals surface area contributed by atoms with Crippen LogP contribution in [-0.2, 0) is 5.41 Å². The molecule has 0 saturated heterocycles. The van der Waals surface area contributed by atoms with E-state index in [-0.39, 0.29) is 5.41 Å². The van der Waals surface area contributed by atoms with Gasteiger partial charge in [-0.1, -0.05) is 46.8 Å². The van der Waals surface area contributed by atoms with Gasteiger partial charge in [-0.3, -0.25) is 0 Å². The maximum Gasteiger partial charge on any atom is 0.134 e. The van der Waals surface area contributed by atoms with E-state index >= 15 is 0 Å². The molecule has 0 N–H and O–H groups in total. The normalized spacial score (nSPS) is 12.6. The van der Waals surface area contributed by atoms with Crippen molar-refractivity contribution >= 4 is 11.0 Å². The van der Waals surface area contributed by atoms with Crippen LogP contribution in [0.3, 0.4) is 0 Å². The molecule has 1 aromatic heterocycles. The van der Waals surface area contributed by atoms with Crippen molar-refractivity contribution in [3.8, 4) is 0 Å². The molecule has 0 saturated carbocycles. The summed E-state index contributed by atoms with van der Waals surface area (Å²) in [5.41, 5.74) is 3.81. The molecule has 0 atom stereocenters. The fourth-order valence-electron chi connectivity index (χ4n) is 1.96. The van der Waals surface area contributed by atoms with Crippen LogP contribution in [-0.4, -0.2) is 0 Å². The monoisotopic (exact) mass is 216 g/mol. The molecule has 86 valence electrons. The van der Waals surface area contributed by atoms with Gasteiger partial charge in [-0.05, 0) is 23.0 Å². The molecule has 1 aromatic carbocycles. The highest BCUT2D eigenvalue weighted by Gasteiger charge is 2.16. The smallest absolute Gasteiger partial charge is 0.134 e. The highest BCUT2D eigenvalue weighted by atomic mass is 16.3. The summed E-state index contributed by atoms with van der Waals surface area (Å²) >= 11 is 0. The van der Waals surface area contributed by atoms with Crippen molar-refractivity contribution < 1.29 is 4.42 Å². The summed E-state index contributed by atoms with van der Waals surface area (Å²) in [5.74, 6) is 0.515. The molecule has 1 heterocycles. The Hall–Kier alpha value is -1.24. The van der Waals surface area contributed by atoms with Crippen molar-refractivity contribution in [3.05, 3.63) is 35.6 Å². The van der Waals surface area contributed by atoms with E-state index in [1.165, 1.54) is 16.5 Å². The third-order valence-corrected chi connectivity index (χ3v) is 3.09. The van der Waals surface area contributed by atoms with E-state index in [1.807, 2.05) is 6.26 Å². The third-order valence-electron chi connectivity index (χ3n) is 3.09. The Balaban J connectivity index is 2.58. The van der Waals surface area contributed by atoms with E-state index in [4.69, 9.17) is 4.42 Å². The van der Waals surface area contributed by atoms with Crippen molar-refractivity contribution in [1.29, 1.82) is 0 Å². The van der Waals surface area contributed by atoms with Gasteiger partial charge in [0.25, 0.3) is 0 Å². The second-order valence-electron chi connectivity index (χ2n) is 5.81. The van der Waals surface area contributed by atoms with Crippen molar-refractivity contribution in [3.63, 3.8) is 0 Å². The van der Waals surface area contributed by atoms with Gasteiger partial charge >= 0.3 is 0 Å². The molecular weight excluding hydrogens is 196 g/mol. The average molecular weight is 216 g/mol. The SMILES string of the molecule is CC(C)c1coc2cc(C(C)(C)C)ccc12. The van der Waals surface area contributed by atoms with E-state index in [1.54, 1.807) is 0 Å². The molecule has 0 aliphatic rings. The first-order valence-corrected chi connectivity index (χ1v) is 5.91. The Morgan fingerprint density at radius 1 is 1.12 bits per heavy atom. The lowest BCUT2D eigenvalue weighted by molar-refractivity contribution is 0.581. The van der Waals surface area contributed by atoms with Crippen LogP contribution in [0, 0.1) is 0 Å². The first-order chi connectivity index (χ1) is 7.39. The Morgan fingerprint density at radius 2 is 1.81 bits per heavy atom. The second-order valence-corrected chi connectivity index (χ2v) is 5.81. The van der Waals surface area contributed by atoms with Crippen LogP contribution in [0.1, 0.15) is 51.7 Å². The van der Waals surface area contributed by atoms with Gasteiger partial charge < -0.3 is 4.42 Å². The molecule has 2 rings (SSSR count). The molecule has 0 aliphatic heterocycles. The lowest BCUT2D eigenvalue weighted by Gasteiger charge is -2.18. The van der Waals surface area contributed by atoms with E-state index in [0.717, 1.165) is 5.58 Å². The first-order valence-electron chi connectivity index (χ1n) is 5.91. The van der Waals surface area contributed by atoms with Gasteiger partial charge in [-0.15, -0.1) is 0 Å². The minimum absolute atomic E-state index is 0.180. The van der Waals surface area contributed by atoms with Crippen LogP contribution in [0.25, 0.3) is 11.0 Å². The average Bonchev–Trinajstić information content (AvgIpc) is 2.58. The van der Waals surface area contributed by atoms with Gasteiger partial charge in [0, 0.05) is 10.9 Å². The fourth-order valence-corrected chi connectivity index (χ4v) is 1.96. The summed E-state index contributed by atoms with van der Waals surface area (Å²) in [6, 6.07) is 6.57. The molecule has 0 aliphatic carbocycles. The maximum absolute atomic E-state index is 5.65. The predicted molar refractivity (Wildman–Crippen MR) is 69.0 cm³/mol. The van der Waals surface area contributed by atoms with E-state index in [0.29, 0.717) is 5.92 Å². The van der Waals surface area contributed by atoms with Crippen molar-refractivity contribution in [1.82, 2.24) is 0 Å². The second kappa shape index (κ2) is 3.65.